The van der Waals surface area contributed by atoms with Gasteiger partial charge in [0.2, 0.25) is 0 Å². The average molecular weight is 279 g/mol. The Morgan fingerprint density at radius 3 is 2.33 bits per heavy atom. The summed E-state index contributed by atoms with van der Waals surface area (Å²) in [5.74, 6) is 0.0247. The fourth-order valence-electron chi connectivity index (χ4n) is 3.15. The molecule has 0 bridgehead atoms. The van der Waals surface area contributed by atoms with Crippen molar-refractivity contribution in [1.82, 2.24) is 4.57 Å². The Labute approximate surface area is 125 Å². The summed E-state index contributed by atoms with van der Waals surface area (Å²) in [5.41, 5.74) is 6.08. The van der Waals surface area contributed by atoms with Crippen LogP contribution in [0.15, 0.2) is 48.5 Å². The fraction of sp³-hybridized carbons (Fsp3) is 0.263. The van der Waals surface area contributed by atoms with Gasteiger partial charge < -0.3 is 9.67 Å². The molecule has 0 saturated carbocycles. The first-order chi connectivity index (χ1) is 10.1. The van der Waals surface area contributed by atoms with Crippen LogP contribution in [0.25, 0.3) is 10.9 Å². The maximum Gasteiger partial charge on any atom is 0.0541 e. The van der Waals surface area contributed by atoms with E-state index in [-0.39, 0.29) is 12.5 Å². The van der Waals surface area contributed by atoms with E-state index in [0.717, 1.165) is 0 Å². The van der Waals surface area contributed by atoms with E-state index in [9.17, 15) is 5.11 Å². The van der Waals surface area contributed by atoms with E-state index in [1.54, 1.807) is 0 Å². The van der Waals surface area contributed by atoms with E-state index < -0.39 is 0 Å². The molecule has 1 unspecified atom stereocenters. The second-order valence-electron chi connectivity index (χ2n) is 5.72. The van der Waals surface area contributed by atoms with Gasteiger partial charge in [0.15, 0.2) is 0 Å². The minimum Gasteiger partial charge on any atom is -0.395 e. The monoisotopic (exact) mass is 279 g/mol. The van der Waals surface area contributed by atoms with Gasteiger partial charge in [0.25, 0.3) is 0 Å². The van der Waals surface area contributed by atoms with Crippen molar-refractivity contribution in [3.8, 4) is 0 Å². The molecule has 0 aliphatic rings. The summed E-state index contributed by atoms with van der Waals surface area (Å²) >= 11 is 0. The van der Waals surface area contributed by atoms with Crippen LogP contribution in [0.1, 0.15) is 28.3 Å². The maximum absolute atomic E-state index is 9.99. The molecular formula is C19H21NO. The Hall–Kier alpha value is -2.06. The molecule has 1 heterocycles. The lowest BCUT2D eigenvalue weighted by Gasteiger charge is -2.16. The summed E-state index contributed by atoms with van der Waals surface area (Å²) in [5, 5.41) is 11.2. The number of aromatic nitrogens is 1. The molecule has 0 radical (unpaired) electrons. The summed E-state index contributed by atoms with van der Waals surface area (Å²) in [4.78, 5) is 0. The van der Waals surface area contributed by atoms with Crippen molar-refractivity contribution in [3.05, 3.63) is 70.9 Å². The van der Waals surface area contributed by atoms with Crippen LogP contribution in [0.4, 0.5) is 0 Å². The third-order valence-electron chi connectivity index (χ3n) is 4.46. The molecule has 3 aromatic rings. The van der Waals surface area contributed by atoms with Crippen LogP contribution in [0.5, 0.6) is 0 Å². The van der Waals surface area contributed by atoms with E-state index in [4.69, 9.17) is 0 Å². The normalized spacial score (nSPS) is 12.8. The van der Waals surface area contributed by atoms with Crippen LogP contribution in [-0.4, -0.2) is 16.3 Å². The lowest BCUT2D eigenvalue weighted by Crippen LogP contribution is -2.08. The number of aliphatic hydroxyl groups is 1. The highest BCUT2D eigenvalue weighted by molar-refractivity contribution is 5.86. The number of hydrogen-bond donors (Lipinski definition) is 1. The molecule has 1 N–H and O–H groups in total. The zero-order valence-corrected chi connectivity index (χ0v) is 12.8. The SMILES string of the molecule is Cc1ccc(C(CO)c2c(C)n(C)c3ccccc23)cc1. The number of aliphatic hydroxyl groups excluding tert-OH is 1. The van der Waals surface area contributed by atoms with E-state index in [2.05, 4.69) is 74.0 Å². The standard InChI is InChI=1S/C19H21NO/c1-13-8-10-15(11-9-13)17(12-21)19-14(2)20(3)18-7-5-4-6-16(18)19/h4-11,17,21H,12H2,1-3H3. The molecule has 2 nitrogen and oxygen atoms in total. The highest BCUT2D eigenvalue weighted by Gasteiger charge is 2.21. The zero-order chi connectivity index (χ0) is 15.0. The molecule has 2 aromatic carbocycles. The van der Waals surface area contributed by atoms with Gasteiger partial charge in [-0.25, -0.2) is 0 Å². The van der Waals surface area contributed by atoms with Gasteiger partial charge in [0.1, 0.15) is 0 Å². The smallest absolute Gasteiger partial charge is 0.0541 e. The zero-order valence-electron chi connectivity index (χ0n) is 12.8. The third-order valence-corrected chi connectivity index (χ3v) is 4.46. The third kappa shape index (κ3) is 2.26. The van der Waals surface area contributed by atoms with Crippen LogP contribution in [0.2, 0.25) is 0 Å². The summed E-state index contributed by atoms with van der Waals surface area (Å²) in [6, 6.07) is 16.9. The van der Waals surface area contributed by atoms with Gasteiger partial charge in [-0.3, -0.25) is 0 Å². The molecular weight excluding hydrogens is 258 g/mol. The molecule has 3 rings (SSSR count). The number of rotatable bonds is 3. The minimum absolute atomic E-state index is 0.0247. The summed E-state index contributed by atoms with van der Waals surface area (Å²) in [6.45, 7) is 4.34. The van der Waals surface area contributed by atoms with Crippen molar-refractivity contribution in [2.24, 2.45) is 7.05 Å². The Bertz CT molecular complexity index is 768. The Kier molecular flexibility index (Phi) is 3.56. The van der Waals surface area contributed by atoms with Gasteiger partial charge in [-0.2, -0.15) is 0 Å². The van der Waals surface area contributed by atoms with Crippen molar-refractivity contribution < 1.29 is 5.11 Å². The van der Waals surface area contributed by atoms with Crippen molar-refractivity contribution >= 4 is 10.9 Å². The molecule has 2 heteroatoms. The van der Waals surface area contributed by atoms with E-state index in [1.807, 2.05) is 0 Å². The number of aryl methyl sites for hydroxylation is 2. The Morgan fingerprint density at radius 2 is 1.67 bits per heavy atom. The van der Waals surface area contributed by atoms with Gasteiger partial charge >= 0.3 is 0 Å². The molecule has 21 heavy (non-hydrogen) atoms. The van der Waals surface area contributed by atoms with E-state index >= 15 is 0 Å². The first-order valence-corrected chi connectivity index (χ1v) is 7.34. The molecule has 0 aliphatic carbocycles. The van der Waals surface area contributed by atoms with Gasteiger partial charge in [0, 0.05) is 29.6 Å². The highest BCUT2D eigenvalue weighted by atomic mass is 16.3. The molecule has 1 atom stereocenters. The highest BCUT2D eigenvalue weighted by Crippen LogP contribution is 2.34. The van der Waals surface area contributed by atoms with Crippen LogP contribution in [-0.2, 0) is 7.05 Å². The minimum atomic E-state index is 0.0247. The molecule has 0 spiro atoms. The fourth-order valence-corrected chi connectivity index (χ4v) is 3.15. The van der Waals surface area contributed by atoms with Crippen LogP contribution in [0, 0.1) is 13.8 Å². The van der Waals surface area contributed by atoms with Crippen LogP contribution in [0.3, 0.4) is 0 Å². The lowest BCUT2D eigenvalue weighted by molar-refractivity contribution is 0.280. The van der Waals surface area contributed by atoms with Gasteiger partial charge in [-0.15, -0.1) is 0 Å². The van der Waals surface area contributed by atoms with Crippen LogP contribution >= 0.6 is 0 Å². The molecule has 0 saturated heterocycles. The summed E-state index contributed by atoms with van der Waals surface area (Å²) in [7, 11) is 2.09. The number of para-hydroxylation sites is 1. The Morgan fingerprint density at radius 1 is 1.00 bits per heavy atom. The van der Waals surface area contributed by atoms with Crippen LogP contribution < -0.4 is 0 Å². The predicted molar refractivity (Wildman–Crippen MR) is 87.8 cm³/mol. The molecule has 0 aliphatic heterocycles. The van der Waals surface area contributed by atoms with Crippen molar-refractivity contribution in [3.63, 3.8) is 0 Å². The molecule has 0 fully saturated rings. The van der Waals surface area contributed by atoms with Crippen molar-refractivity contribution in [1.29, 1.82) is 0 Å². The van der Waals surface area contributed by atoms with Crippen molar-refractivity contribution in [2.75, 3.05) is 6.61 Å². The average Bonchev–Trinajstić information content (AvgIpc) is 2.76. The number of fused-ring (bicyclic) bond motifs is 1. The van der Waals surface area contributed by atoms with Gasteiger partial charge in [0.05, 0.1) is 6.61 Å². The number of nitrogens with zero attached hydrogens (tertiary/aromatic N) is 1. The maximum atomic E-state index is 9.99. The number of benzene rings is 2. The Balaban J connectivity index is 2.22. The van der Waals surface area contributed by atoms with Gasteiger partial charge in [-0.1, -0.05) is 48.0 Å². The first-order valence-electron chi connectivity index (χ1n) is 7.34. The molecule has 1 aromatic heterocycles. The summed E-state index contributed by atoms with van der Waals surface area (Å²) in [6.07, 6.45) is 0. The lowest BCUT2D eigenvalue weighted by atomic mass is 9.89. The topological polar surface area (TPSA) is 25.2 Å². The molecule has 0 amide bonds. The second-order valence-corrected chi connectivity index (χ2v) is 5.72. The first kappa shape index (κ1) is 13.9. The predicted octanol–water partition coefficient (Wildman–Crippen LogP) is 3.92. The largest absolute Gasteiger partial charge is 0.395 e. The summed E-state index contributed by atoms with van der Waals surface area (Å²) < 4.78 is 2.21. The van der Waals surface area contributed by atoms with E-state index in [1.165, 1.54) is 33.3 Å². The quantitative estimate of drug-likeness (QED) is 0.772. The van der Waals surface area contributed by atoms with Crippen molar-refractivity contribution in [2.45, 2.75) is 19.8 Å². The van der Waals surface area contributed by atoms with E-state index in [0.29, 0.717) is 0 Å². The number of hydrogen-bond acceptors (Lipinski definition) is 1. The second kappa shape index (κ2) is 5.38. The van der Waals surface area contributed by atoms with Gasteiger partial charge in [-0.05, 0) is 31.0 Å². The molecule has 108 valence electrons.